The van der Waals surface area contributed by atoms with Gasteiger partial charge >= 0.3 is 6.18 Å². The molecule has 0 aliphatic heterocycles. The quantitative estimate of drug-likeness (QED) is 0.722. The summed E-state index contributed by atoms with van der Waals surface area (Å²) in [5, 5.41) is 10.0. The first-order valence-corrected chi connectivity index (χ1v) is 5.63. The molecule has 2 atom stereocenters. The maximum absolute atomic E-state index is 12.4. The molecule has 0 aromatic carbocycles. The lowest BCUT2D eigenvalue weighted by Gasteiger charge is -2.33. The molecule has 0 saturated heterocycles. The van der Waals surface area contributed by atoms with E-state index in [4.69, 9.17) is 0 Å². The van der Waals surface area contributed by atoms with Crippen molar-refractivity contribution in [1.82, 2.24) is 0 Å². The second-order valence-corrected chi connectivity index (χ2v) is 5.19. The average Bonchev–Trinajstić information content (AvgIpc) is 2.75. The molecule has 0 amide bonds. The largest absolute Gasteiger partial charge is 0.391 e. The van der Waals surface area contributed by atoms with Crippen molar-refractivity contribution in [2.24, 2.45) is 17.8 Å². The van der Waals surface area contributed by atoms with Crippen LogP contribution in [0.4, 0.5) is 13.2 Å². The first kappa shape index (κ1) is 11.2. The van der Waals surface area contributed by atoms with Crippen molar-refractivity contribution in [1.29, 1.82) is 0 Å². The van der Waals surface area contributed by atoms with Crippen LogP contribution in [0.5, 0.6) is 0 Å². The molecular formula is C11H17F3O. The molecule has 15 heavy (non-hydrogen) atoms. The Hall–Kier alpha value is -0.250. The molecule has 0 aromatic heterocycles. The third-order valence-corrected chi connectivity index (χ3v) is 4.22. The lowest BCUT2D eigenvalue weighted by molar-refractivity contribution is -0.186. The van der Waals surface area contributed by atoms with Crippen molar-refractivity contribution in [3.63, 3.8) is 0 Å². The van der Waals surface area contributed by atoms with Gasteiger partial charge in [-0.15, -0.1) is 0 Å². The molecule has 2 fully saturated rings. The molecule has 0 aromatic rings. The summed E-state index contributed by atoms with van der Waals surface area (Å²) in [7, 11) is 0. The summed E-state index contributed by atoms with van der Waals surface area (Å²) in [5.74, 6) is -0.748. The van der Waals surface area contributed by atoms with Crippen molar-refractivity contribution in [2.45, 2.75) is 50.8 Å². The summed E-state index contributed by atoms with van der Waals surface area (Å²) in [6.45, 7) is 1.97. The van der Waals surface area contributed by atoms with Crippen molar-refractivity contribution >= 4 is 0 Å². The number of hydrogen-bond donors (Lipinski definition) is 1. The van der Waals surface area contributed by atoms with Gasteiger partial charge in [0.2, 0.25) is 0 Å². The summed E-state index contributed by atoms with van der Waals surface area (Å²) in [4.78, 5) is 0. The van der Waals surface area contributed by atoms with E-state index in [1.807, 2.05) is 6.92 Å². The summed E-state index contributed by atoms with van der Waals surface area (Å²) in [5.41, 5.74) is -0.628. The van der Waals surface area contributed by atoms with Crippen LogP contribution < -0.4 is 0 Å². The van der Waals surface area contributed by atoms with Gasteiger partial charge in [-0.25, -0.2) is 0 Å². The van der Waals surface area contributed by atoms with Gasteiger partial charge in [0.15, 0.2) is 0 Å². The van der Waals surface area contributed by atoms with E-state index in [0.717, 1.165) is 6.42 Å². The second-order valence-electron chi connectivity index (χ2n) is 5.19. The van der Waals surface area contributed by atoms with Crippen molar-refractivity contribution < 1.29 is 18.3 Å². The van der Waals surface area contributed by atoms with E-state index in [1.54, 1.807) is 0 Å². The molecule has 0 spiro atoms. The van der Waals surface area contributed by atoms with Crippen LogP contribution >= 0.6 is 0 Å². The molecular weight excluding hydrogens is 205 g/mol. The molecule has 1 nitrogen and oxygen atoms in total. The molecule has 2 unspecified atom stereocenters. The lowest BCUT2D eigenvalue weighted by atomic mass is 9.77. The third-order valence-electron chi connectivity index (χ3n) is 4.22. The smallest absolute Gasteiger partial charge is 0.389 e. The zero-order chi connectivity index (χ0) is 11.3. The Labute approximate surface area is 87.7 Å². The van der Waals surface area contributed by atoms with Gasteiger partial charge in [0.25, 0.3) is 0 Å². The van der Waals surface area contributed by atoms with Gasteiger partial charge in [-0.2, -0.15) is 13.2 Å². The second kappa shape index (κ2) is 3.37. The minimum Gasteiger partial charge on any atom is -0.389 e. The van der Waals surface area contributed by atoms with Gasteiger partial charge in [0.05, 0.1) is 11.5 Å². The Morgan fingerprint density at radius 1 is 1.13 bits per heavy atom. The fourth-order valence-corrected chi connectivity index (χ4v) is 2.92. The zero-order valence-corrected chi connectivity index (χ0v) is 8.85. The maximum Gasteiger partial charge on any atom is 0.391 e. The number of hydrogen-bond acceptors (Lipinski definition) is 1. The van der Waals surface area contributed by atoms with Crippen LogP contribution in [0.15, 0.2) is 0 Å². The van der Waals surface area contributed by atoms with E-state index in [1.165, 1.54) is 0 Å². The fraction of sp³-hybridized carbons (Fsp3) is 1.00. The molecule has 0 bridgehead atoms. The Kier molecular flexibility index (Phi) is 2.53. The van der Waals surface area contributed by atoms with E-state index >= 15 is 0 Å². The van der Waals surface area contributed by atoms with Crippen LogP contribution in [0, 0.1) is 17.8 Å². The molecule has 2 aliphatic carbocycles. The number of rotatable bonds is 1. The Balaban J connectivity index is 1.88. The highest BCUT2D eigenvalue weighted by molar-refractivity contribution is 5.06. The highest BCUT2D eigenvalue weighted by Crippen LogP contribution is 2.54. The molecule has 2 aliphatic rings. The average molecular weight is 222 g/mol. The highest BCUT2D eigenvalue weighted by Gasteiger charge is 2.56. The molecule has 0 heterocycles. The van der Waals surface area contributed by atoms with Gasteiger partial charge in [0, 0.05) is 0 Å². The summed E-state index contributed by atoms with van der Waals surface area (Å²) >= 11 is 0. The summed E-state index contributed by atoms with van der Waals surface area (Å²) < 4.78 is 37.2. The lowest BCUT2D eigenvalue weighted by Crippen LogP contribution is -2.33. The van der Waals surface area contributed by atoms with Crippen LogP contribution in [0.2, 0.25) is 0 Å². The topological polar surface area (TPSA) is 20.2 Å². The first-order valence-electron chi connectivity index (χ1n) is 5.63. The monoisotopic (exact) mass is 222 g/mol. The standard InChI is InChI=1S/C11H17F3O/c1-7-6-10(7,15)8-2-4-9(5-3-8)11(12,13)14/h7-9,15H,2-6H2,1H3. The van der Waals surface area contributed by atoms with Gasteiger partial charge in [-0.05, 0) is 43.9 Å². The highest BCUT2D eigenvalue weighted by atomic mass is 19.4. The minimum absolute atomic E-state index is 0.103. The van der Waals surface area contributed by atoms with E-state index in [9.17, 15) is 18.3 Å². The van der Waals surface area contributed by atoms with E-state index < -0.39 is 17.7 Å². The predicted octanol–water partition coefficient (Wildman–Crippen LogP) is 3.13. The molecule has 2 rings (SSSR count). The zero-order valence-electron chi connectivity index (χ0n) is 8.85. The molecule has 88 valence electrons. The normalized spacial score (nSPS) is 46.6. The van der Waals surface area contributed by atoms with Crippen LogP contribution in [0.3, 0.4) is 0 Å². The van der Waals surface area contributed by atoms with E-state index in [0.29, 0.717) is 12.8 Å². The van der Waals surface area contributed by atoms with Crippen molar-refractivity contribution in [3.05, 3.63) is 0 Å². The van der Waals surface area contributed by atoms with Crippen LogP contribution in [0.1, 0.15) is 39.0 Å². The van der Waals surface area contributed by atoms with Crippen LogP contribution in [-0.2, 0) is 0 Å². The van der Waals surface area contributed by atoms with Crippen LogP contribution in [0.25, 0.3) is 0 Å². The first-order chi connectivity index (χ1) is 6.84. The predicted molar refractivity (Wildman–Crippen MR) is 50.2 cm³/mol. The van der Waals surface area contributed by atoms with Gasteiger partial charge in [-0.1, -0.05) is 6.92 Å². The van der Waals surface area contributed by atoms with Gasteiger partial charge < -0.3 is 5.11 Å². The van der Waals surface area contributed by atoms with Crippen LogP contribution in [-0.4, -0.2) is 16.9 Å². The Morgan fingerprint density at radius 3 is 1.93 bits per heavy atom. The Morgan fingerprint density at radius 2 is 1.60 bits per heavy atom. The number of alkyl halides is 3. The van der Waals surface area contributed by atoms with Crippen molar-refractivity contribution in [3.8, 4) is 0 Å². The van der Waals surface area contributed by atoms with Crippen molar-refractivity contribution in [2.75, 3.05) is 0 Å². The molecule has 4 heteroatoms. The third kappa shape index (κ3) is 2.01. The molecule has 0 radical (unpaired) electrons. The maximum atomic E-state index is 12.4. The SMILES string of the molecule is CC1CC1(O)C1CCC(C(F)(F)F)CC1. The van der Waals surface area contributed by atoms with Gasteiger partial charge in [-0.3, -0.25) is 0 Å². The number of aliphatic hydroxyl groups is 1. The molecule has 2 saturated carbocycles. The number of halogens is 3. The van der Waals surface area contributed by atoms with E-state index in [2.05, 4.69) is 0 Å². The van der Waals surface area contributed by atoms with Gasteiger partial charge in [0.1, 0.15) is 0 Å². The fourth-order valence-electron chi connectivity index (χ4n) is 2.92. The summed E-state index contributed by atoms with van der Waals surface area (Å²) in [6, 6.07) is 0. The van der Waals surface area contributed by atoms with E-state index in [-0.39, 0.29) is 24.7 Å². The minimum atomic E-state index is -4.04. The molecule has 1 N–H and O–H groups in total. The summed E-state index contributed by atoms with van der Waals surface area (Å²) in [6.07, 6.45) is -1.81. The Bertz CT molecular complexity index is 243.